The van der Waals surface area contributed by atoms with Gasteiger partial charge in [0.15, 0.2) is 11.5 Å². The zero-order valence-corrected chi connectivity index (χ0v) is 16.7. The summed E-state index contributed by atoms with van der Waals surface area (Å²) in [4.78, 5) is 2.24. The number of fused-ring (bicyclic) bond motifs is 1. The summed E-state index contributed by atoms with van der Waals surface area (Å²) in [5.41, 5.74) is 0.592. The molecule has 0 aliphatic carbocycles. The Morgan fingerprint density at radius 1 is 1.11 bits per heavy atom. The molecule has 0 saturated heterocycles. The highest BCUT2D eigenvalue weighted by molar-refractivity contribution is 5.45. The lowest BCUT2D eigenvalue weighted by atomic mass is 9.74. The van der Waals surface area contributed by atoms with Crippen LogP contribution in [0.25, 0.3) is 0 Å². The Hall–Kier alpha value is -2.71. The summed E-state index contributed by atoms with van der Waals surface area (Å²) in [6, 6.07) is 18.2. The fourth-order valence-corrected chi connectivity index (χ4v) is 3.70. The number of ether oxygens (including phenoxy) is 3. The third-order valence-electron chi connectivity index (χ3n) is 5.35. The van der Waals surface area contributed by atoms with Crippen LogP contribution in [-0.4, -0.2) is 45.4 Å². The van der Waals surface area contributed by atoms with Crippen molar-refractivity contribution in [3.05, 3.63) is 54.1 Å². The van der Waals surface area contributed by atoms with Gasteiger partial charge in [-0.05, 0) is 44.6 Å². The standard InChI is InChI=1S/C23H28N2O3/c1-25(15-17-28-22-11-6-5-10-21(22)26-2)14-7-12-23(18-24)13-16-27-20-9-4-3-8-19(20)23/h3-6,8-11H,7,12-17H2,1-2H3/t23-/m1/s1. The first-order valence-electron chi connectivity index (χ1n) is 9.76. The Morgan fingerprint density at radius 3 is 2.64 bits per heavy atom. The second-order valence-electron chi connectivity index (χ2n) is 7.19. The third-order valence-corrected chi connectivity index (χ3v) is 5.35. The quantitative estimate of drug-likeness (QED) is 0.657. The minimum Gasteiger partial charge on any atom is -0.493 e. The molecule has 1 heterocycles. The van der Waals surface area contributed by atoms with Gasteiger partial charge in [-0.3, -0.25) is 0 Å². The summed E-state index contributed by atoms with van der Waals surface area (Å²) in [6.45, 7) is 2.93. The smallest absolute Gasteiger partial charge is 0.161 e. The summed E-state index contributed by atoms with van der Waals surface area (Å²) in [6.07, 6.45) is 2.54. The van der Waals surface area contributed by atoms with E-state index in [1.807, 2.05) is 48.5 Å². The van der Waals surface area contributed by atoms with Gasteiger partial charge in [-0.15, -0.1) is 0 Å². The number of para-hydroxylation sites is 3. The van der Waals surface area contributed by atoms with E-state index in [1.54, 1.807) is 7.11 Å². The molecule has 0 unspecified atom stereocenters. The number of rotatable bonds is 9. The monoisotopic (exact) mass is 380 g/mol. The normalized spacial score (nSPS) is 18.1. The molecule has 3 rings (SSSR count). The van der Waals surface area contributed by atoms with Crippen molar-refractivity contribution in [2.24, 2.45) is 0 Å². The highest BCUT2D eigenvalue weighted by Gasteiger charge is 2.37. The molecule has 2 aromatic carbocycles. The van der Waals surface area contributed by atoms with E-state index in [2.05, 4.69) is 18.0 Å². The Balaban J connectivity index is 1.47. The van der Waals surface area contributed by atoms with Crippen LogP contribution in [0.5, 0.6) is 17.2 Å². The van der Waals surface area contributed by atoms with Crippen molar-refractivity contribution < 1.29 is 14.2 Å². The predicted molar refractivity (Wildman–Crippen MR) is 109 cm³/mol. The highest BCUT2D eigenvalue weighted by atomic mass is 16.5. The van der Waals surface area contributed by atoms with Crippen molar-refractivity contribution in [1.29, 1.82) is 5.26 Å². The van der Waals surface area contributed by atoms with E-state index >= 15 is 0 Å². The largest absolute Gasteiger partial charge is 0.493 e. The number of hydrogen-bond acceptors (Lipinski definition) is 5. The molecule has 0 radical (unpaired) electrons. The van der Waals surface area contributed by atoms with Crippen LogP contribution in [0.2, 0.25) is 0 Å². The number of nitrogens with zero attached hydrogens (tertiary/aromatic N) is 2. The first-order chi connectivity index (χ1) is 13.7. The maximum atomic E-state index is 9.92. The molecule has 0 fully saturated rings. The molecule has 0 amide bonds. The van der Waals surface area contributed by atoms with Crippen LogP contribution in [-0.2, 0) is 5.41 Å². The van der Waals surface area contributed by atoms with Crippen molar-refractivity contribution in [3.63, 3.8) is 0 Å². The number of methoxy groups -OCH3 is 1. The second kappa shape index (κ2) is 9.48. The average Bonchev–Trinajstić information content (AvgIpc) is 2.74. The van der Waals surface area contributed by atoms with Crippen LogP contribution in [0.4, 0.5) is 0 Å². The van der Waals surface area contributed by atoms with Gasteiger partial charge in [0.1, 0.15) is 12.4 Å². The molecule has 5 heteroatoms. The zero-order valence-electron chi connectivity index (χ0n) is 16.7. The van der Waals surface area contributed by atoms with Crippen LogP contribution < -0.4 is 14.2 Å². The molecule has 148 valence electrons. The molecule has 28 heavy (non-hydrogen) atoms. The lowest BCUT2D eigenvalue weighted by Crippen LogP contribution is -2.33. The molecule has 0 spiro atoms. The van der Waals surface area contributed by atoms with Crippen molar-refractivity contribution in [2.75, 3.05) is 40.5 Å². The van der Waals surface area contributed by atoms with Crippen LogP contribution in [0.3, 0.4) is 0 Å². The van der Waals surface area contributed by atoms with Gasteiger partial charge in [-0.25, -0.2) is 0 Å². The summed E-state index contributed by atoms with van der Waals surface area (Å²) in [7, 11) is 3.73. The Labute approximate surface area is 167 Å². The highest BCUT2D eigenvalue weighted by Crippen LogP contribution is 2.41. The minimum atomic E-state index is -0.441. The molecule has 1 aliphatic heterocycles. The van der Waals surface area contributed by atoms with Crippen LogP contribution in [0.15, 0.2) is 48.5 Å². The van der Waals surface area contributed by atoms with Crippen molar-refractivity contribution in [2.45, 2.75) is 24.7 Å². The first-order valence-corrected chi connectivity index (χ1v) is 9.76. The van der Waals surface area contributed by atoms with E-state index in [9.17, 15) is 5.26 Å². The Bertz CT molecular complexity index is 817. The van der Waals surface area contributed by atoms with Gasteiger partial charge >= 0.3 is 0 Å². The van der Waals surface area contributed by atoms with Gasteiger partial charge < -0.3 is 19.1 Å². The van der Waals surface area contributed by atoms with E-state index in [-0.39, 0.29) is 0 Å². The SMILES string of the molecule is COc1ccccc1OCCN(C)CCC[C@]1(C#N)CCOc2ccccc21. The first kappa shape index (κ1) is 20.0. The molecule has 5 nitrogen and oxygen atoms in total. The number of benzene rings is 2. The van der Waals surface area contributed by atoms with Gasteiger partial charge in [0.05, 0.1) is 25.2 Å². The zero-order chi connectivity index (χ0) is 19.8. The Morgan fingerprint density at radius 2 is 1.86 bits per heavy atom. The van der Waals surface area contributed by atoms with E-state index in [0.717, 1.165) is 55.2 Å². The number of nitriles is 1. The summed E-state index contributed by atoms with van der Waals surface area (Å²) < 4.78 is 16.9. The summed E-state index contributed by atoms with van der Waals surface area (Å²) >= 11 is 0. The fraction of sp³-hybridized carbons (Fsp3) is 0.435. The molecule has 1 aliphatic rings. The summed E-state index contributed by atoms with van der Waals surface area (Å²) in [5, 5.41) is 9.92. The lowest BCUT2D eigenvalue weighted by molar-refractivity contribution is 0.212. The number of hydrogen-bond donors (Lipinski definition) is 0. The van der Waals surface area contributed by atoms with Gasteiger partial charge in [-0.2, -0.15) is 5.26 Å². The maximum absolute atomic E-state index is 9.92. The lowest BCUT2D eigenvalue weighted by Gasteiger charge is -2.33. The average molecular weight is 380 g/mol. The van der Waals surface area contributed by atoms with Crippen LogP contribution >= 0.6 is 0 Å². The molecule has 1 atom stereocenters. The van der Waals surface area contributed by atoms with Crippen LogP contribution in [0.1, 0.15) is 24.8 Å². The van der Waals surface area contributed by atoms with E-state index < -0.39 is 5.41 Å². The molecule has 0 aromatic heterocycles. The number of likely N-dealkylation sites (N-methyl/N-ethyl adjacent to an activating group) is 1. The second-order valence-corrected chi connectivity index (χ2v) is 7.19. The van der Waals surface area contributed by atoms with E-state index in [0.29, 0.717) is 13.2 Å². The van der Waals surface area contributed by atoms with E-state index in [4.69, 9.17) is 14.2 Å². The van der Waals surface area contributed by atoms with E-state index in [1.165, 1.54) is 0 Å². The maximum Gasteiger partial charge on any atom is 0.161 e. The predicted octanol–water partition coefficient (Wildman–Crippen LogP) is 4.03. The third kappa shape index (κ3) is 4.58. The van der Waals surface area contributed by atoms with Gasteiger partial charge in [0.2, 0.25) is 0 Å². The van der Waals surface area contributed by atoms with Crippen LogP contribution in [0, 0.1) is 11.3 Å². The Kier molecular flexibility index (Phi) is 6.78. The van der Waals surface area contributed by atoms with Crippen molar-refractivity contribution in [3.8, 4) is 23.3 Å². The minimum absolute atomic E-state index is 0.441. The molecule has 0 saturated carbocycles. The van der Waals surface area contributed by atoms with Crippen molar-refractivity contribution in [1.82, 2.24) is 4.90 Å². The molecular weight excluding hydrogens is 352 g/mol. The molecule has 0 bridgehead atoms. The van der Waals surface area contributed by atoms with Gasteiger partial charge in [0, 0.05) is 18.5 Å². The molecular formula is C23H28N2O3. The van der Waals surface area contributed by atoms with Crippen molar-refractivity contribution >= 4 is 0 Å². The van der Waals surface area contributed by atoms with Gasteiger partial charge in [0.25, 0.3) is 0 Å². The summed E-state index contributed by atoms with van der Waals surface area (Å²) in [5.74, 6) is 2.37. The fourth-order valence-electron chi connectivity index (χ4n) is 3.70. The molecule has 2 aromatic rings. The molecule has 0 N–H and O–H groups in total. The van der Waals surface area contributed by atoms with Gasteiger partial charge in [-0.1, -0.05) is 30.3 Å². The topological polar surface area (TPSA) is 54.7 Å².